The van der Waals surface area contributed by atoms with Crippen LogP contribution < -0.4 is 10.4 Å². The Balaban J connectivity index is 2.77. The fourth-order valence-corrected chi connectivity index (χ4v) is 0.688. The van der Waals surface area contributed by atoms with Crippen LogP contribution in [0, 0.1) is 0 Å². The number of rotatable bonds is 2. The Morgan fingerprint density at radius 2 is 2.17 bits per heavy atom. The zero-order valence-corrected chi connectivity index (χ0v) is 6.29. The Morgan fingerprint density at radius 3 is 2.58 bits per heavy atom. The number of carbonyl (C=O) groups excluding carboxylic acids is 2. The number of nitrogens with one attached hydrogen (secondary N) is 1. The molecule has 1 N–H and O–H groups in total. The van der Waals surface area contributed by atoms with E-state index in [2.05, 4.69) is 9.73 Å². The number of anilines is 1. The van der Waals surface area contributed by atoms with E-state index in [0.29, 0.717) is 0 Å². The van der Waals surface area contributed by atoms with E-state index in [9.17, 15) is 14.7 Å². The van der Waals surface area contributed by atoms with Gasteiger partial charge in [0.1, 0.15) is 5.97 Å². The topological polar surface area (TPSA) is 82.4 Å². The van der Waals surface area contributed by atoms with E-state index in [1.54, 1.807) is 0 Å². The predicted octanol–water partition coefficient (Wildman–Crippen LogP) is -0.399. The van der Waals surface area contributed by atoms with Gasteiger partial charge in [-0.05, 0) is 6.07 Å². The van der Waals surface area contributed by atoms with Gasteiger partial charge in [0.05, 0.1) is 0 Å². The van der Waals surface area contributed by atoms with Crippen molar-refractivity contribution >= 4 is 17.8 Å². The molecule has 0 saturated carbocycles. The number of amides is 1. The van der Waals surface area contributed by atoms with Crippen molar-refractivity contribution < 1.29 is 19.1 Å². The lowest BCUT2D eigenvalue weighted by atomic mass is 10.4. The van der Waals surface area contributed by atoms with Crippen molar-refractivity contribution in [2.75, 3.05) is 5.32 Å². The largest absolute Gasteiger partial charge is 0.542 e. The highest BCUT2D eigenvalue weighted by Gasteiger charge is 2.02. The Morgan fingerprint density at radius 1 is 1.50 bits per heavy atom. The summed E-state index contributed by atoms with van der Waals surface area (Å²) in [5.74, 6) is -1.94. The van der Waals surface area contributed by atoms with Gasteiger partial charge in [0.25, 0.3) is 0 Å². The maximum atomic E-state index is 10.5. The number of carboxylic acid groups (broad SMARTS) is 1. The maximum absolute atomic E-state index is 10.5. The van der Waals surface area contributed by atoms with Crippen LogP contribution in [-0.4, -0.2) is 11.9 Å². The van der Waals surface area contributed by atoms with Gasteiger partial charge in [-0.3, -0.25) is 10.1 Å². The van der Waals surface area contributed by atoms with Gasteiger partial charge < -0.3 is 14.3 Å². The molecule has 0 aliphatic heterocycles. The fraction of sp³-hybridized carbons (Fsp3) is 0.143. The monoisotopic (exact) mass is 168 g/mol. The molecule has 5 nitrogen and oxygen atoms in total. The second kappa shape index (κ2) is 3.08. The fourth-order valence-electron chi connectivity index (χ4n) is 0.688. The molecule has 1 aromatic rings. The molecular formula is C7H6NO4-. The molecular weight excluding hydrogens is 162 g/mol. The number of hydrogen-bond acceptors (Lipinski definition) is 4. The van der Waals surface area contributed by atoms with Crippen LogP contribution in [0.2, 0.25) is 0 Å². The highest BCUT2D eigenvalue weighted by molar-refractivity contribution is 5.88. The molecule has 0 fully saturated rings. The van der Waals surface area contributed by atoms with E-state index < -0.39 is 5.97 Å². The first-order valence-corrected chi connectivity index (χ1v) is 3.18. The Bertz CT molecular complexity index is 315. The summed E-state index contributed by atoms with van der Waals surface area (Å²) in [6.45, 7) is 1.29. The third-order valence-electron chi connectivity index (χ3n) is 1.11. The maximum Gasteiger partial charge on any atom is 0.223 e. The van der Waals surface area contributed by atoms with Crippen LogP contribution in [0.1, 0.15) is 17.5 Å². The molecule has 0 spiro atoms. The van der Waals surface area contributed by atoms with Gasteiger partial charge in [0.15, 0.2) is 11.6 Å². The molecule has 1 heterocycles. The molecule has 0 saturated heterocycles. The minimum atomic E-state index is -1.41. The predicted molar refractivity (Wildman–Crippen MR) is 37.3 cm³/mol. The number of aromatic carboxylic acids is 1. The molecule has 1 amide bonds. The first kappa shape index (κ1) is 8.32. The average molecular weight is 168 g/mol. The summed E-state index contributed by atoms with van der Waals surface area (Å²) in [5, 5.41) is 12.5. The molecule has 0 aliphatic rings. The van der Waals surface area contributed by atoms with Crippen molar-refractivity contribution in [1.29, 1.82) is 0 Å². The van der Waals surface area contributed by atoms with Crippen LogP contribution in [0.25, 0.3) is 0 Å². The molecule has 0 aliphatic carbocycles. The molecule has 0 radical (unpaired) electrons. The quantitative estimate of drug-likeness (QED) is 0.651. The summed E-state index contributed by atoms with van der Waals surface area (Å²) in [7, 11) is 0. The number of hydrogen-bond donors (Lipinski definition) is 1. The zero-order valence-electron chi connectivity index (χ0n) is 6.29. The Hall–Kier alpha value is -1.78. The van der Waals surface area contributed by atoms with E-state index in [0.717, 1.165) is 0 Å². The van der Waals surface area contributed by atoms with Crippen molar-refractivity contribution in [1.82, 2.24) is 0 Å². The molecule has 1 rings (SSSR count). The normalized spacial score (nSPS) is 9.42. The standard InChI is InChI=1S/C7H7NO4/c1-4(9)8-6-3-2-5(12-6)7(10)11/h2-3H,1H3,(H,8,9)(H,10,11)/p-1. The van der Waals surface area contributed by atoms with E-state index in [4.69, 9.17) is 0 Å². The molecule has 12 heavy (non-hydrogen) atoms. The lowest BCUT2D eigenvalue weighted by molar-refractivity contribution is -0.257. The molecule has 0 atom stereocenters. The van der Waals surface area contributed by atoms with Gasteiger partial charge in [0, 0.05) is 13.0 Å². The van der Waals surface area contributed by atoms with Crippen LogP contribution in [0.5, 0.6) is 0 Å². The first-order valence-electron chi connectivity index (χ1n) is 3.18. The highest BCUT2D eigenvalue weighted by Crippen LogP contribution is 2.11. The summed E-state index contributed by atoms with van der Waals surface area (Å²) < 4.78 is 4.66. The third-order valence-corrected chi connectivity index (χ3v) is 1.11. The zero-order chi connectivity index (χ0) is 9.14. The smallest absolute Gasteiger partial charge is 0.223 e. The number of carboxylic acids is 1. The van der Waals surface area contributed by atoms with Crippen LogP contribution >= 0.6 is 0 Å². The number of carbonyl (C=O) groups is 2. The lowest BCUT2D eigenvalue weighted by Gasteiger charge is -1.96. The summed E-state index contributed by atoms with van der Waals surface area (Å²) in [6.07, 6.45) is 0. The Kier molecular flexibility index (Phi) is 2.14. The van der Waals surface area contributed by atoms with E-state index in [-0.39, 0.29) is 17.6 Å². The molecule has 0 aromatic carbocycles. The van der Waals surface area contributed by atoms with E-state index in [1.807, 2.05) is 0 Å². The van der Waals surface area contributed by atoms with Gasteiger partial charge >= 0.3 is 0 Å². The molecule has 0 bridgehead atoms. The van der Waals surface area contributed by atoms with Crippen LogP contribution in [0.4, 0.5) is 5.88 Å². The Labute approximate surface area is 68.0 Å². The van der Waals surface area contributed by atoms with Crippen molar-refractivity contribution in [3.05, 3.63) is 17.9 Å². The summed E-state index contributed by atoms with van der Waals surface area (Å²) in [6, 6.07) is 2.55. The van der Waals surface area contributed by atoms with Gasteiger partial charge in [0.2, 0.25) is 5.91 Å². The van der Waals surface area contributed by atoms with Gasteiger partial charge in [-0.2, -0.15) is 0 Å². The highest BCUT2D eigenvalue weighted by atomic mass is 16.4. The average Bonchev–Trinajstić information content (AvgIpc) is 2.34. The molecule has 1 aromatic heterocycles. The van der Waals surface area contributed by atoms with Crippen LogP contribution in [-0.2, 0) is 4.79 Å². The first-order chi connectivity index (χ1) is 5.59. The van der Waals surface area contributed by atoms with Gasteiger partial charge in [-0.1, -0.05) is 0 Å². The SMILES string of the molecule is CC(=O)Nc1ccc(C(=O)[O-])o1. The second-order valence-corrected chi connectivity index (χ2v) is 2.13. The molecule has 0 unspecified atom stereocenters. The van der Waals surface area contributed by atoms with E-state index >= 15 is 0 Å². The molecule has 5 heteroatoms. The number of furan rings is 1. The van der Waals surface area contributed by atoms with Crippen molar-refractivity contribution in [3.8, 4) is 0 Å². The van der Waals surface area contributed by atoms with E-state index in [1.165, 1.54) is 19.1 Å². The summed E-state index contributed by atoms with van der Waals surface area (Å²) >= 11 is 0. The van der Waals surface area contributed by atoms with Gasteiger partial charge in [-0.25, -0.2) is 0 Å². The third kappa shape index (κ3) is 1.85. The minimum absolute atomic E-state index is 0.0988. The summed E-state index contributed by atoms with van der Waals surface area (Å²) in [4.78, 5) is 20.6. The van der Waals surface area contributed by atoms with Gasteiger partial charge in [-0.15, -0.1) is 0 Å². The van der Waals surface area contributed by atoms with Crippen LogP contribution in [0.15, 0.2) is 16.5 Å². The van der Waals surface area contributed by atoms with Crippen molar-refractivity contribution in [2.45, 2.75) is 6.92 Å². The van der Waals surface area contributed by atoms with Crippen molar-refractivity contribution in [3.63, 3.8) is 0 Å². The van der Waals surface area contributed by atoms with Crippen molar-refractivity contribution in [2.24, 2.45) is 0 Å². The lowest BCUT2D eigenvalue weighted by Crippen LogP contribution is -2.21. The second-order valence-electron chi connectivity index (χ2n) is 2.13. The molecule has 64 valence electrons. The minimum Gasteiger partial charge on any atom is -0.542 e. The summed E-state index contributed by atoms with van der Waals surface area (Å²) in [5.41, 5.74) is 0. The van der Waals surface area contributed by atoms with Crippen LogP contribution in [0.3, 0.4) is 0 Å².